The number of aromatic nitrogens is 2. The van der Waals surface area contributed by atoms with E-state index in [0.29, 0.717) is 6.04 Å². The van der Waals surface area contributed by atoms with Crippen LogP contribution < -0.4 is 5.32 Å². The van der Waals surface area contributed by atoms with Gasteiger partial charge >= 0.3 is 0 Å². The smallest absolute Gasteiger partial charge is 0.0420 e. The second-order valence-corrected chi connectivity index (χ2v) is 5.40. The second kappa shape index (κ2) is 7.36. The van der Waals surface area contributed by atoms with Gasteiger partial charge in [0.05, 0.1) is 0 Å². The van der Waals surface area contributed by atoms with E-state index >= 15 is 0 Å². The summed E-state index contributed by atoms with van der Waals surface area (Å²) in [6, 6.07) is 8.65. The number of pyridine rings is 2. The van der Waals surface area contributed by atoms with E-state index < -0.39 is 0 Å². The zero-order chi connectivity index (χ0) is 13.5. The third-order valence-electron chi connectivity index (χ3n) is 2.97. The molecule has 2 rings (SSSR count). The molecule has 0 saturated carbocycles. The molecule has 100 valence electrons. The SMILES string of the molecule is CCNC(Cc1ccncc1)Cc1ccc(Br)cn1. The molecule has 1 unspecified atom stereocenters. The summed E-state index contributed by atoms with van der Waals surface area (Å²) in [7, 11) is 0. The summed E-state index contributed by atoms with van der Waals surface area (Å²) in [5.41, 5.74) is 2.42. The van der Waals surface area contributed by atoms with Crippen LogP contribution in [-0.4, -0.2) is 22.6 Å². The predicted molar refractivity (Wildman–Crippen MR) is 81.0 cm³/mol. The zero-order valence-corrected chi connectivity index (χ0v) is 12.6. The normalized spacial score (nSPS) is 12.3. The van der Waals surface area contributed by atoms with E-state index in [9.17, 15) is 0 Å². The fourth-order valence-corrected chi connectivity index (χ4v) is 2.32. The molecule has 0 aliphatic heterocycles. The minimum Gasteiger partial charge on any atom is -0.314 e. The minimum absolute atomic E-state index is 0.404. The lowest BCUT2D eigenvalue weighted by Gasteiger charge is -2.17. The maximum absolute atomic E-state index is 4.44. The predicted octanol–water partition coefficient (Wildman–Crippen LogP) is 3.00. The lowest BCUT2D eigenvalue weighted by atomic mass is 10.0. The van der Waals surface area contributed by atoms with Crippen LogP contribution in [0.3, 0.4) is 0 Å². The van der Waals surface area contributed by atoms with E-state index in [1.54, 1.807) is 0 Å². The lowest BCUT2D eigenvalue weighted by Crippen LogP contribution is -2.33. The molecule has 0 saturated heterocycles. The number of rotatable bonds is 6. The largest absolute Gasteiger partial charge is 0.314 e. The molecule has 3 nitrogen and oxygen atoms in total. The van der Waals surface area contributed by atoms with Crippen molar-refractivity contribution in [2.45, 2.75) is 25.8 Å². The quantitative estimate of drug-likeness (QED) is 0.889. The van der Waals surface area contributed by atoms with Gasteiger partial charge in [0.15, 0.2) is 0 Å². The van der Waals surface area contributed by atoms with Gasteiger partial charge in [-0.1, -0.05) is 6.92 Å². The summed E-state index contributed by atoms with van der Waals surface area (Å²) >= 11 is 3.41. The van der Waals surface area contributed by atoms with Crippen LogP contribution in [0.4, 0.5) is 0 Å². The first-order valence-electron chi connectivity index (χ1n) is 6.50. The van der Waals surface area contributed by atoms with E-state index in [-0.39, 0.29) is 0 Å². The first kappa shape index (κ1) is 14.2. The summed E-state index contributed by atoms with van der Waals surface area (Å²) in [5.74, 6) is 0. The van der Waals surface area contributed by atoms with Crippen molar-refractivity contribution in [2.75, 3.05) is 6.54 Å². The molecule has 0 aromatic carbocycles. The molecule has 0 radical (unpaired) electrons. The highest BCUT2D eigenvalue weighted by Crippen LogP contribution is 2.11. The molecule has 1 atom stereocenters. The van der Waals surface area contributed by atoms with Gasteiger partial charge in [0.25, 0.3) is 0 Å². The number of likely N-dealkylation sites (N-methyl/N-ethyl adjacent to an activating group) is 1. The topological polar surface area (TPSA) is 37.8 Å². The van der Waals surface area contributed by atoms with E-state index in [1.165, 1.54) is 5.56 Å². The van der Waals surface area contributed by atoms with Crippen molar-refractivity contribution in [2.24, 2.45) is 0 Å². The highest BCUT2D eigenvalue weighted by molar-refractivity contribution is 9.10. The third kappa shape index (κ3) is 4.73. The van der Waals surface area contributed by atoms with Crippen LogP contribution >= 0.6 is 15.9 Å². The fraction of sp³-hybridized carbons (Fsp3) is 0.333. The number of nitrogens with zero attached hydrogens (tertiary/aromatic N) is 2. The van der Waals surface area contributed by atoms with Gasteiger partial charge in [-0.2, -0.15) is 0 Å². The molecule has 1 N–H and O–H groups in total. The molecule has 0 spiro atoms. The van der Waals surface area contributed by atoms with Crippen molar-refractivity contribution in [3.05, 3.63) is 58.6 Å². The number of hydrogen-bond acceptors (Lipinski definition) is 3. The summed E-state index contributed by atoms with van der Waals surface area (Å²) in [5, 5.41) is 3.52. The molecule has 2 heterocycles. The Balaban J connectivity index is 2.01. The average Bonchev–Trinajstić information content (AvgIpc) is 2.43. The molecule has 0 aliphatic rings. The molecule has 2 aromatic rings. The van der Waals surface area contributed by atoms with E-state index in [2.05, 4.69) is 56.3 Å². The molecular weight excluding hydrogens is 302 g/mol. The maximum Gasteiger partial charge on any atom is 0.0420 e. The van der Waals surface area contributed by atoms with E-state index in [1.807, 2.05) is 24.7 Å². The van der Waals surface area contributed by atoms with Gasteiger partial charge in [-0.05, 0) is 58.7 Å². The van der Waals surface area contributed by atoms with Gasteiger partial charge < -0.3 is 5.32 Å². The first-order valence-corrected chi connectivity index (χ1v) is 7.30. The van der Waals surface area contributed by atoms with Gasteiger partial charge in [0.1, 0.15) is 0 Å². The lowest BCUT2D eigenvalue weighted by molar-refractivity contribution is 0.516. The van der Waals surface area contributed by atoms with Crippen molar-refractivity contribution >= 4 is 15.9 Å². The van der Waals surface area contributed by atoms with E-state index in [4.69, 9.17) is 0 Å². The summed E-state index contributed by atoms with van der Waals surface area (Å²) in [6.45, 7) is 3.10. The summed E-state index contributed by atoms with van der Waals surface area (Å²) in [6.07, 6.45) is 7.47. The summed E-state index contributed by atoms with van der Waals surface area (Å²) in [4.78, 5) is 8.50. The van der Waals surface area contributed by atoms with Crippen LogP contribution in [-0.2, 0) is 12.8 Å². The Bertz CT molecular complexity index is 485. The Kier molecular flexibility index (Phi) is 5.48. The van der Waals surface area contributed by atoms with Crippen molar-refractivity contribution < 1.29 is 0 Å². The minimum atomic E-state index is 0.404. The molecule has 0 bridgehead atoms. The van der Waals surface area contributed by atoms with E-state index in [0.717, 1.165) is 29.6 Å². The maximum atomic E-state index is 4.44. The third-order valence-corrected chi connectivity index (χ3v) is 3.44. The molecular formula is C15H18BrN3. The molecule has 0 amide bonds. The Labute approximate surface area is 122 Å². The number of hydrogen-bond donors (Lipinski definition) is 1. The van der Waals surface area contributed by atoms with Crippen LogP contribution in [0.2, 0.25) is 0 Å². The first-order chi connectivity index (χ1) is 9.28. The van der Waals surface area contributed by atoms with Crippen molar-refractivity contribution in [3.63, 3.8) is 0 Å². The molecule has 2 aromatic heterocycles. The van der Waals surface area contributed by atoms with Crippen LogP contribution in [0.25, 0.3) is 0 Å². The number of halogens is 1. The molecule has 19 heavy (non-hydrogen) atoms. The van der Waals surface area contributed by atoms with Gasteiger partial charge in [0, 0.05) is 41.2 Å². The van der Waals surface area contributed by atoms with Crippen molar-refractivity contribution in [1.29, 1.82) is 0 Å². The monoisotopic (exact) mass is 319 g/mol. The molecule has 4 heteroatoms. The van der Waals surface area contributed by atoms with Crippen LogP contribution in [0.15, 0.2) is 47.3 Å². The zero-order valence-electron chi connectivity index (χ0n) is 11.0. The van der Waals surface area contributed by atoms with Crippen LogP contribution in [0, 0.1) is 0 Å². The standard InChI is InChI=1S/C15H18BrN3/c1-2-18-15(9-12-5-7-17-8-6-12)10-14-4-3-13(16)11-19-14/h3-8,11,15,18H,2,9-10H2,1H3. The van der Waals surface area contributed by atoms with Crippen molar-refractivity contribution in [3.8, 4) is 0 Å². The number of nitrogens with one attached hydrogen (secondary N) is 1. The van der Waals surface area contributed by atoms with Gasteiger partial charge in [0.2, 0.25) is 0 Å². The summed E-state index contributed by atoms with van der Waals surface area (Å²) < 4.78 is 1.02. The second-order valence-electron chi connectivity index (χ2n) is 4.49. The fourth-order valence-electron chi connectivity index (χ4n) is 2.09. The van der Waals surface area contributed by atoms with Gasteiger partial charge in [-0.3, -0.25) is 9.97 Å². The van der Waals surface area contributed by atoms with Gasteiger partial charge in [-0.25, -0.2) is 0 Å². The average molecular weight is 320 g/mol. The Morgan fingerprint density at radius 3 is 2.58 bits per heavy atom. The Morgan fingerprint density at radius 1 is 1.16 bits per heavy atom. The molecule has 0 fully saturated rings. The Morgan fingerprint density at radius 2 is 1.95 bits per heavy atom. The highest BCUT2D eigenvalue weighted by atomic mass is 79.9. The van der Waals surface area contributed by atoms with Crippen molar-refractivity contribution in [1.82, 2.24) is 15.3 Å². The highest BCUT2D eigenvalue weighted by Gasteiger charge is 2.10. The Hall–Kier alpha value is -1.26. The van der Waals surface area contributed by atoms with Crippen LogP contribution in [0.1, 0.15) is 18.2 Å². The van der Waals surface area contributed by atoms with Gasteiger partial charge in [-0.15, -0.1) is 0 Å². The molecule has 0 aliphatic carbocycles. The van der Waals surface area contributed by atoms with Crippen LogP contribution in [0.5, 0.6) is 0 Å².